The third-order valence-electron chi connectivity index (χ3n) is 3.94. The van der Waals surface area contributed by atoms with Crippen LogP contribution in [0.1, 0.15) is 47.7 Å². The Kier molecular flexibility index (Phi) is 3.92. The summed E-state index contributed by atoms with van der Waals surface area (Å²) in [7, 11) is 0. The van der Waals surface area contributed by atoms with Gasteiger partial charge in [0, 0.05) is 17.5 Å². The van der Waals surface area contributed by atoms with Crippen LogP contribution in [0.4, 0.5) is 0 Å². The molecular weight excluding hydrogens is 274 g/mol. The maximum absolute atomic E-state index is 5.97. The van der Waals surface area contributed by atoms with Crippen LogP contribution in [0.2, 0.25) is 4.34 Å². The van der Waals surface area contributed by atoms with Crippen LogP contribution in [0.3, 0.4) is 0 Å². The van der Waals surface area contributed by atoms with Gasteiger partial charge in [-0.2, -0.15) is 0 Å². The lowest BCUT2D eigenvalue weighted by molar-refractivity contribution is 0.432. The van der Waals surface area contributed by atoms with Gasteiger partial charge in [0.25, 0.3) is 0 Å². The van der Waals surface area contributed by atoms with Crippen molar-refractivity contribution < 1.29 is 0 Å². The molecule has 0 fully saturated rings. The largest absolute Gasteiger partial charge is 0.305 e. The Morgan fingerprint density at radius 3 is 2.68 bits per heavy atom. The molecule has 1 aliphatic rings. The number of thiophene rings is 1. The molecule has 0 saturated carbocycles. The molecule has 100 valence electrons. The van der Waals surface area contributed by atoms with Gasteiger partial charge < -0.3 is 5.32 Å². The molecule has 0 aliphatic heterocycles. The Labute approximate surface area is 123 Å². The number of benzene rings is 1. The highest BCUT2D eigenvalue weighted by molar-refractivity contribution is 7.16. The molecule has 19 heavy (non-hydrogen) atoms. The lowest BCUT2D eigenvalue weighted by Gasteiger charge is -2.30. The minimum atomic E-state index is 0.480. The smallest absolute Gasteiger partial charge is 0.0931 e. The molecule has 0 saturated heterocycles. The Morgan fingerprint density at radius 1 is 1.16 bits per heavy atom. The Morgan fingerprint density at radius 2 is 1.95 bits per heavy atom. The minimum Gasteiger partial charge on any atom is -0.305 e. The van der Waals surface area contributed by atoms with Crippen LogP contribution < -0.4 is 5.32 Å². The van der Waals surface area contributed by atoms with E-state index in [1.807, 2.05) is 6.07 Å². The second kappa shape index (κ2) is 5.66. The van der Waals surface area contributed by atoms with Gasteiger partial charge in [-0.05, 0) is 42.0 Å². The highest BCUT2D eigenvalue weighted by Gasteiger charge is 2.23. The molecule has 2 unspecified atom stereocenters. The molecule has 1 N–H and O–H groups in total. The van der Waals surface area contributed by atoms with E-state index in [9.17, 15) is 0 Å². The number of rotatable bonds is 3. The summed E-state index contributed by atoms with van der Waals surface area (Å²) in [5.41, 5.74) is 2.99. The van der Waals surface area contributed by atoms with Crippen molar-refractivity contribution in [2.75, 3.05) is 0 Å². The average Bonchev–Trinajstić information content (AvgIpc) is 2.84. The molecule has 1 nitrogen and oxygen atoms in total. The zero-order chi connectivity index (χ0) is 13.2. The summed E-state index contributed by atoms with van der Waals surface area (Å²) in [6.07, 6.45) is 2.48. The monoisotopic (exact) mass is 291 g/mol. The van der Waals surface area contributed by atoms with Gasteiger partial charge in [0.05, 0.1) is 4.34 Å². The van der Waals surface area contributed by atoms with E-state index in [0.29, 0.717) is 12.0 Å². The van der Waals surface area contributed by atoms with Gasteiger partial charge in [0.2, 0.25) is 0 Å². The van der Waals surface area contributed by atoms with Crippen LogP contribution >= 0.6 is 22.9 Å². The van der Waals surface area contributed by atoms with Gasteiger partial charge in [0.1, 0.15) is 0 Å². The maximum atomic E-state index is 5.97. The summed E-state index contributed by atoms with van der Waals surface area (Å²) >= 11 is 7.63. The van der Waals surface area contributed by atoms with Crippen molar-refractivity contribution in [3.63, 3.8) is 0 Å². The van der Waals surface area contributed by atoms with E-state index in [-0.39, 0.29) is 0 Å². The number of nitrogens with one attached hydrogen (secondary N) is 1. The van der Waals surface area contributed by atoms with Gasteiger partial charge in [-0.1, -0.05) is 42.8 Å². The molecule has 1 heterocycles. The molecule has 3 heteroatoms. The molecule has 0 radical (unpaired) electrons. The molecular formula is C16H18ClNS. The van der Waals surface area contributed by atoms with Crippen LogP contribution in [-0.4, -0.2) is 0 Å². The molecule has 1 aromatic carbocycles. The highest BCUT2D eigenvalue weighted by atomic mass is 35.5. The molecule has 1 aliphatic carbocycles. The first kappa shape index (κ1) is 13.2. The van der Waals surface area contributed by atoms with Crippen molar-refractivity contribution in [3.05, 3.63) is 56.7 Å². The standard InChI is InChI=1S/C16H18ClNS/c1-11-6-8-15(14-5-3-2-4-13(11)14)18-10-12-7-9-16(17)19-12/h2-5,7,9,11,15,18H,6,8,10H2,1H3. The summed E-state index contributed by atoms with van der Waals surface area (Å²) in [6.45, 7) is 3.23. The number of hydrogen-bond acceptors (Lipinski definition) is 2. The van der Waals surface area contributed by atoms with Gasteiger partial charge in [-0.3, -0.25) is 0 Å². The van der Waals surface area contributed by atoms with E-state index in [1.165, 1.54) is 28.8 Å². The van der Waals surface area contributed by atoms with E-state index in [4.69, 9.17) is 11.6 Å². The molecule has 0 amide bonds. The van der Waals surface area contributed by atoms with Crippen molar-refractivity contribution in [1.29, 1.82) is 0 Å². The van der Waals surface area contributed by atoms with Crippen LogP contribution in [0.5, 0.6) is 0 Å². The van der Waals surface area contributed by atoms with Crippen LogP contribution in [0.15, 0.2) is 36.4 Å². The molecule has 0 bridgehead atoms. The highest BCUT2D eigenvalue weighted by Crippen LogP contribution is 2.37. The third kappa shape index (κ3) is 2.86. The predicted octanol–water partition coefficient (Wildman–Crippen LogP) is 5.13. The Balaban J connectivity index is 1.74. The quantitative estimate of drug-likeness (QED) is 0.826. The summed E-state index contributed by atoms with van der Waals surface area (Å²) in [5, 5.41) is 3.68. The molecule has 3 rings (SSSR count). The first-order valence-corrected chi connectivity index (χ1v) is 8.00. The van der Waals surface area contributed by atoms with Gasteiger partial charge >= 0.3 is 0 Å². The van der Waals surface area contributed by atoms with Crippen molar-refractivity contribution >= 4 is 22.9 Å². The first-order valence-electron chi connectivity index (χ1n) is 6.80. The molecule has 2 atom stereocenters. The lowest BCUT2D eigenvalue weighted by Crippen LogP contribution is -2.25. The number of hydrogen-bond donors (Lipinski definition) is 1. The van der Waals surface area contributed by atoms with Crippen LogP contribution in [0.25, 0.3) is 0 Å². The van der Waals surface area contributed by atoms with E-state index in [1.54, 1.807) is 11.3 Å². The first-order chi connectivity index (χ1) is 9.24. The van der Waals surface area contributed by atoms with E-state index in [0.717, 1.165) is 10.9 Å². The van der Waals surface area contributed by atoms with Gasteiger partial charge in [0.15, 0.2) is 0 Å². The van der Waals surface area contributed by atoms with E-state index in [2.05, 4.69) is 42.6 Å². The van der Waals surface area contributed by atoms with Gasteiger partial charge in [-0.15, -0.1) is 11.3 Å². The van der Waals surface area contributed by atoms with E-state index < -0.39 is 0 Å². The number of fused-ring (bicyclic) bond motifs is 1. The lowest BCUT2D eigenvalue weighted by atomic mass is 9.81. The second-order valence-corrected chi connectivity index (χ2v) is 7.05. The average molecular weight is 292 g/mol. The Bertz CT molecular complexity index is 563. The van der Waals surface area contributed by atoms with Crippen LogP contribution in [-0.2, 0) is 6.54 Å². The maximum Gasteiger partial charge on any atom is 0.0931 e. The minimum absolute atomic E-state index is 0.480. The second-order valence-electron chi connectivity index (χ2n) is 5.25. The molecule has 0 spiro atoms. The zero-order valence-electron chi connectivity index (χ0n) is 11.0. The fourth-order valence-electron chi connectivity index (χ4n) is 2.89. The Hall–Kier alpha value is -0.830. The molecule has 1 aromatic heterocycles. The fourth-order valence-corrected chi connectivity index (χ4v) is 3.93. The summed E-state index contributed by atoms with van der Waals surface area (Å²) < 4.78 is 0.870. The third-order valence-corrected chi connectivity index (χ3v) is 5.17. The SMILES string of the molecule is CC1CCC(NCc2ccc(Cl)s2)c2ccccc21. The van der Waals surface area contributed by atoms with Crippen molar-refractivity contribution in [2.45, 2.75) is 38.3 Å². The summed E-state index contributed by atoms with van der Waals surface area (Å²) in [5.74, 6) is 0.686. The zero-order valence-corrected chi connectivity index (χ0v) is 12.6. The van der Waals surface area contributed by atoms with Gasteiger partial charge in [-0.25, -0.2) is 0 Å². The predicted molar refractivity (Wildman–Crippen MR) is 83.0 cm³/mol. The normalized spacial score (nSPS) is 22.2. The van der Waals surface area contributed by atoms with Crippen LogP contribution in [0, 0.1) is 0 Å². The topological polar surface area (TPSA) is 12.0 Å². The van der Waals surface area contributed by atoms with Crippen molar-refractivity contribution in [2.24, 2.45) is 0 Å². The summed E-state index contributed by atoms with van der Waals surface area (Å²) in [4.78, 5) is 1.31. The fraction of sp³-hybridized carbons (Fsp3) is 0.375. The molecule has 2 aromatic rings. The summed E-state index contributed by atoms with van der Waals surface area (Å²) in [6, 6.07) is 13.4. The number of halogens is 1. The van der Waals surface area contributed by atoms with E-state index >= 15 is 0 Å². The van der Waals surface area contributed by atoms with Crippen molar-refractivity contribution in [1.82, 2.24) is 5.32 Å². The van der Waals surface area contributed by atoms with Crippen molar-refractivity contribution in [3.8, 4) is 0 Å².